The molecule has 3 rings (SSSR count). The molecule has 20 heavy (non-hydrogen) atoms. The van der Waals surface area contributed by atoms with Crippen molar-refractivity contribution in [2.75, 3.05) is 36.8 Å². The Balaban J connectivity index is 1.67. The fourth-order valence-electron chi connectivity index (χ4n) is 2.70. The second-order valence-electron chi connectivity index (χ2n) is 5.35. The van der Waals surface area contributed by atoms with E-state index in [1.165, 1.54) is 12.8 Å². The summed E-state index contributed by atoms with van der Waals surface area (Å²) in [4.78, 5) is 4.70. The van der Waals surface area contributed by atoms with Crippen molar-refractivity contribution in [3.05, 3.63) is 18.2 Å². The van der Waals surface area contributed by atoms with Gasteiger partial charge in [0.05, 0.1) is 5.69 Å². The summed E-state index contributed by atoms with van der Waals surface area (Å²) in [5, 5.41) is 0. The number of nitrogens with two attached hydrogens (primary N) is 1. The smallest absolute Gasteiger partial charge is 0.387 e. The Morgan fingerprint density at radius 3 is 2.45 bits per heavy atom. The molecule has 0 spiro atoms. The average Bonchev–Trinajstić information content (AvgIpc) is 3.25. The highest BCUT2D eigenvalue weighted by molar-refractivity contribution is 5.62. The zero-order valence-corrected chi connectivity index (χ0v) is 11.3. The molecule has 6 heteroatoms. The maximum absolute atomic E-state index is 12.3. The van der Waals surface area contributed by atoms with Gasteiger partial charge in [-0.25, -0.2) is 0 Å². The molecule has 0 amide bonds. The summed E-state index contributed by atoms with van der Waals surface area (Å²) in [6.45, 7) is 1.03. The number of piperazine rings is 1. The first kappa shape index (κ1) is 13.4. The van der Waals surface area contributed by atoms with E-state index in [9.17, 15) is 8.78 Å². The van der Waals surface area contributed by atoms with Crippen molar-refractivity contribution in [2.24, 2.45) is 0 Å². The predicted octanol–water partition coefficient (Wildman–Crippen LogP) is 2.15. The van der Waals surface area contributed by atoms with Crippen molar-refractivity contribution in [3.63, 3.8) is 0 Å². The van der Waals surface area contributed by atoms with Crippen LogP contribution in [0.1, 0.15) is 12.8 Å². The van der Waals surface area contributed by atoms with Crippen LogP contribution in [0, 0.1) is 0 Å². The normalized spacial score (nSPS) is 20.4. The molecule has 0 aromatic heterocycles. The van der Waals surface area contributed by atoms with E-state index in [0.29, 0.717) is 0 Å². The Morgan fingerprint density at radius 1 is 1.15 bits per heavy atom. The van der Waals surface area contributed by atoms with Crippen molar-refractivity contribution >= 4 is 11.4 Å². The number of anilines is 2. The van der Waals surface area contributed by atoms with Crippen molar-refractivity contribution < 1.29 is 13.5 Å². The van der Waals surface area contributed by atoms with Crippen molar-refractivity contribution in [1.29, 1.82) is 0 Å². The molecule has 1 saturated carbocycles. The molecule has 0 unspecified atom stereocenters. The first-order chi connectivity index (χ1) is 9.63. The lowest BCUT2D eigenvalue weighted by Crippen LogP contribution is -2.47. The Bertz CT molecular complexity index is 471. The molecule has 2 N–H and O–H groups in total. The van der Waals surface area contributed by atoms with E-state index < -0.39 is 6.61 Å². The van der Waals surface area contributed by atoms with E-state index in [1.54, 1.807) is 12.1 Å². The number of rotatable bonds is 4. The maximum atomic E-state index is 12.3. The molecule has 1 saturated heterocycles. The summed E-state index contributed by atoms with van der Waals surface area (Å²) in [5.74, 6) is 0.0575. The largest absolute Gasteiger partial charge is 0.433 e. The lowest BCUT2D eigenvalue weighted by Gasteiger charge is -2.36. The van der Waals surface area contributed by atoms with Crippen LogP contribution in [0.5, 0.6) is 5.75 Å². The zero-order chi connectivity index (χ0) is 14.1. The van der Waals surface area contributed by atoms with Gasteiger partial charge >= 0.3 is 6.61 Å². The molecule has 0 atom stereocenters. The lowest BCUT2D eigenvalue weighted by atomic mass is 10.2. The Hall–Kier alpha value is -1.56. The highest BCUT2D eigenvalue weighted by atomic mass is 19.3. The molecule has 2 fully saturated rings. The molecule has 0 bridgehead atoms. The van der Waals surface area contributed by atoms with Crippen LogP contribution in [0.4, 0.5) is 20.2 Å². The Kier molecular flexibility index (Phi) is 3.65. The SMILES string of the molecule is Nc1ccc(N2CCN(C3CC3)CC2)cc1OC(F)F. The minimum atomic E-state index is -2.85. The molecule has 0 radical (unpaired) electrons. The molecular weight excluding hydrogens is 264 g/mol. The second-order valence-corrected chi connectivity index (χ2v) is 5.35. The number of hydrogen-bond donors (Lipinski definition) is 1. The topological polar surface area (TPSA) is 41.7 Å². The number of nitrogens with zero attached hydrogens (tertiary/aromatic N) is 2. The summed E-state index contributed by atoms with van der Waals surface area (Å²) < 4.78 is 29.1. The van der Waals surface area contributed by atoms with Gasteiger partial charge in [0.25, 0.3) is 0 Å². The molecular formula is C14H19F2N3O. The quantitative estimate of drug-likeness (QED) is 0.860. The third-order valence-corrected chi connectivity index (χ3v) is 3.96. The van der Waals surface area contributed by atoms with Crippen molar-refractivity contribution in [1.82, 2.24) is 4.90 Å². The maximum Gasteiger partial charge on any atom is 0.387 e. The van der Waals surface area contributed by atoms with Crippen LogP contribution in [-0.2, 0) is 0 Å². The van der Waals surface area contributed by atoms with E-state index in [1.807, 2.05) is 6.07 Å². The molecule has 110 valence electrons. The minimum Gasteiger partial charge on any atom is -0.433 e. The second kappa shape index (κ2) is 5.44. The van der Waals surface area contributed by atoms with Gasteiger partial charge in [0.1, 0.15) is 0 Å². The van der Waals surface area contributed by atoms with Gasteiger partial charge in [0.15, 0.2) is 5.75 Å². The van der Waals surface area contributed by atoms with Gasteiger partial charge in [-0.15, -0.1) is 0 Å². The van der Waals surface area contributed by atoms with E-state index in [0.717, 1.165) is 37.9 Å². The first-order valence-electron chi connectivity index (χ1n) is 6.97. The summed E-state index contributed by atoms with van der Waals surface area (Å²) in [5.41, 5.74) is 6.79. The zero-order valence-electron chi connectivity index (χ0n) is 11.3. The molecule has 1 aromatic rings. The molecule has 4 nitrogen and oxygen atoms in total. The van der Waals surface area contributed by atoms with Crippen molar-refractivity contribution in [2.45, 2.75) is 25.5 Å². The van der Waals surface area contributed by atoms with Gasteiger partial charge in [0.2, 0.25) is 0 Å². The van der Waals surface area contributed by atoms with Crippen LogP contribution in [-0.4, -0.2) is 43.7 Å². The average molecular weight is 283 g/mol. The summed E-state index contributed by atoms with van der Waals surface area (Å²) in [7, 11) is 0. The van der Waals surface area contributed by atoms with Crippen LogP contribution >= 0.6 is 0 Å². The van der Waals surface area contributed by atoms with Crippen molar-refractivity contribution in [3.8, 4) is 5.75 Å². The Labute approximate surface area is 117 Å². The minimum absolute atomic E-state index is 0.0575. The predicted molar refractivity (Wildman–Crippen MR) is 74.3 cm³/mol. The van der Waals surface area contributed by atoms with E-state index in [4.69, 9.17) is 5.73 Å². The van der Waals surface area contributed by atoms with Gasteiger partial charge in [-0.1, -0.05) is 0 Å². The van der Waals surface area contributed by atoms with Gasteiger partial charge in [-0.05, 0) is 25.0 Å². The van der Waals surface area contributed by atoms with Crippen LogP contribution < -0.4 is 15.4 Å². The third kappa shape index (κ3) is 2.95. The van der Waals surface area contributed by atoms with Gasteiger partial charge in [0, 0.05) is 44.0 Å². The van der Waals surface area contributed by atoms with Crippen LogP contribution in [0.3, 0.4) is 0 Å². The van der Waals surface area contributed by atoms with E-state index in [-0.39, 0.29) is 11.4 Å². The summed E-state index contributed by atoms with van der Waals surface area (Å²) in [6.07, 6.45) is 2.63. The van der Waals surface area contributed by atoms with Crippen LogP contribution in [0.15, 0.2) is 18.2 Å². The fraction of sp³-hybridized carbons (Fsp3) is 0.571. The molecule has 2 aliphatic rings. The monoisotopic (exact) mass is 283 g/mol. The summed E-state index contributed by atoms with van der Waals surface area (Å²) in [6, 6.07) is 5.87. The van der Waals surface area contributed by atoms with Gasteiger partial charge in [-0.3, -0.25) is 4.90 Å². The first-order valence-corrected chi connectivity index (χ1v) is 6.97. The Morgan fingerprint density at radius 2 is 1.85 bits per heavy atom. The van der Waals surface area contributed by atoms with Gasteiger partial charge < -0.3 is 15.4 Å². The standard InChI is InChI=1S/C14H19F2N3O/c15-14(16)20-13-9-11(3-4-12(13)17)19-7-5-18(6-8-19)10-1-2-10/h3-4,9-10,14H,1-2,5-8,17H2. The van der Waals surface area contributed by atoms with E-state index in [2.05, 4.69) is 14.5 Å². The van der Waals surface area contributed by atoms with Gasteiger partial charge in [-0.2, -0.15) is 8.78 Å². The molecule has 1 aliphatic carbocycles. The fourth-order valence-corrected chi connectivity index (χ4v) is 2.70. The highest BCUT2D eigenvalue weighted by Crippen LogP contribution is 2.31. The lowest BCUT2D eigenvalue weighted by molar-refractivity contribution is -0.0493. The molecule has 1 aliphatic heterocycles. The highest BCUT2D eigenvalue weighted by Gasteiger charge is 2.31. The number of ether oxygens (including phenoxy) is 1. The molecule has 1 aromatic carbocycles. The van der Waals surface area contributed by atoms with Crippen LogP contribution in [0.2, 0.25) is 0 Å². The summed E-state index contributed by atoms with van der Waals surface area (Å²) >= 11 is 0. The third-order valence-electron chi connectivity index (χ3n) is 3.96. The van der Waals surface area contributed by atoms with Crippen LogP contribution in [0.25, 0.3) is 0 Å². The van der Waals surface area contributed by atoms with E-state index >= 15 is 0 Å². The molecule has 1 heterocycles. The number of alkyl halides is 2. The number of halogens is 2. The number of hydrogen-bond acceptors (Lipinski definition) is 4. The number of benzene rings is 1. The number of nitrogen functional groups attached to an aromatic ring is 1.